The molecule has 86 valence electrons. The van der Waals surface area contributed by atoms with Gasteiger partial charge in [0, 0.05) is 0 Å². The molecule has 2 rings (SSSR count). The number of nitrogens with zero attached hydrogens (tertiary/aromatic N) is 2. The highest BCUT2D eigenvalue weighted by atomic mass is 32.1. The van der Waals surface area contributed by atoms with Crippen molar-refractivity contribution in [1.29, 1.82) is 0 Å². The van der Waals surface area contributed by atoms with Crippen LogP contribution in [0.25, 0.3) is 0 Å². The Balaban J connectivity index is 2.19. The molecule has 0 radical (unpaired) electrons. The molecule has 2 aromatic rings. The molecule has 0 aliphatic carbocycles. The summed E-state index contributed by atoms with van der Waals surface area (Å²) < 4.78 is 0. The van der Waals surface area contributed by atoms with E-state index >= 15 is 0 Å². The van der Waals surface area contributed by atoms with Gasteiger partial charge in [-0.1, -0.05) is 0 Å². The molecule has 2 heterocycles. The molecule has 17 heavy (non-hydrogen) atoms. The average molecular weight is 249 g/mol. The Morgan fingerprint density at radius 1 is 1.29 bits per heavy atom. The summed E-state index contributed by atoms with van der Waals surface area (Å²) in [7, 11) is 0. The van der Waals surface area contributed by atoms with Crippen LogP contribution in [0.5, 0.6) is 0 Å². The van der Waals surface area contributed by atoms with Crippen molar-refractivity contribution in [1.82, 2.24) is 10.2 Å². The Bertz CT molecular complexity index is 553. The van der Waals surface area contributed by atoms with Crippen molar-refractivity contribution in [3.8, 4) is 0 Å². The van der Waals surface area contributed by atoms with Gasteiger partial charge in [0.2, 0.25) is 0 Å². The standard InChI is InChI=1S/C10H7N3O3S/c14-9(6-1-3-11-12-5-6)13-7-2-4-17-8(7)10(15)16/h1-5H,(H,13,14)(H,15,16). The van der Waals surface area contributed by atoms with Gasteiger partial charge in [0.05, 0.1) is 23.6 Å². The SMILES string of the molecule is O=C(Nc1ccsc1C(=O)O)c1ccnnc1. The van der Waals surface area contributed by atoms with Gasteiger partial charge in [-0.15, -0.1) is 11.3 Å². The minimum absolute atomic E-state index is 0.0976. The molecule has 0 aliphatic heterocycles. The first-order chi connectivity index (χ1) is 8.18. The van der Waals surface area contributed by atoms with Crippen molar-refractivity contribution in [2.24, 2.45) is 0 Å². The lowest BCUT2D eigenvalue weighted by molar-refractivity contribution is 0.0703. The molecule has 0 unspecified atom stereocenters. The van der Waals surface area contributed by atoms with Crippen LogP contribution in [-0.4, -0.2) is 27.2 Å². The van der Waals surface area contributed by atoms with Crippen LogP contribution >= 0.6 is 11.3 Å². The van der Waals surface area contributed by atoms with Crippen LogP contribution in [0.2, 0.25) is 0 Å². The topological polar surface area (TPSA) is 92.2 Å². The number of carboxylic acids is 1. The fourth-order valence-electron chi connectivity index (χ4n) is 1.19. The lowest BCUT2D eigenvalue weighted by atomic mass is 10.3. The number of anilines is 1. The number of carbonyl (C=O) groups is 2. The summed E-state index contributed by atoms with van der Waals surface area (Å²) in [4.78, 5) is 22.7. The number of thiophene rings is 1. The van der Waals surface area contributed by atoms with Crippen molar-refractivity contribution in [2.75, 3.05) is 5.32 Å². The summed E-state index contributed by atoms with van der Waals surface area (Å²) >= 11 is 1.05. The van der Waals surface area contributed by atoms with Crippen molar-refractivity contribution in [2.45, 2.75) is 0 Å². The second-order valence-corrected chi connectivity index (χ2v) is 3.97. The summed E-state index contributed by atoms with van der Waals surface area (Å²) in [6.07, 6.45) is 2.70. The molecular weight excluding hydrogens is 242 g/mol. The normalized spacial score (nSPS) is 9.88. The molecule has 0 bridgehead atoms. The highest BCUT2D eigenvalue weighted by molar-refractivity contribution is 7.12. The molecule has 0 saturated carbocycles. The molecule has 1 amide bonds. The maximum Gasteiger partial charge on any atom is 0.348 e. The van der Waals surface area contributed by atoms with Crippen molar-refractivity contribution in [3.63, 3.8) is 0 Å². The number of aromatic nitrogens is 2. The second-order valence-electron chi connectivity index (χ2n) is 3.05. The van der Waals surface area contributed by atoms with E-state index in [-0.39, 0.29) is 10.6 Å². The van der Waals surface area contributed by atoms with E-state index in [1.807, 2.05) is 0 Å². The summed E-state index contributed by atoms with van der Waals surface area (Å²) in [5.74, 6) is -1.48. The zero-order chi connectivity index (χ0) is 12.3. The number of rotatable bonds is 3. The summed E-state index contributed by atoms with van der Waals surface area (Å²) in [6.45, 7) is 0. The third-order valence-corrected chi connectivity index (χ3v) is 2.86. The molecule has 0 fully saturated rings. The lowest BCUT2D eigenvalue weighted by Crippen LogP contribution is -2.13. The predicted molar refractivity (Wildman–Crippen MR) is 61.3 cm³/mol. The number of carbonyl (C=O) groups excluding carboxylic acids is 1. The van der Waals surface area contributed by atoms with Crippen LogP contribution in [0.1, 0.15) is 20.0 Å². The van der Waals surface area contributed by atoms with Gasteiger partial charge in [0.25, 0.3) is 5.91 Å². The molecule has 0 aromatic carbocycles. The molecule has 0 saturated heterocycles. The smallest absolute Gasteiger partial charge is 0.348 e. The molecule has 0 spiro atoms. The Morgan fingerprint density at radius 3 is 2.76 bits per heavy atom. The van der Waals surface area contributed by atoms with E-state index in [1.165, 1.54) is 18.5 Å². The first kappa shape index (κ1) is 11.2. The molecule has 0 atom stereocenters. The molecule has 7 heteroatoms. The third kappa shape index (κ3) is 2.45. The van der Waals surface area contributed by atoms with E-state index in [4.69, 9.17) is 5.11 Å². The highest BCUT2D eigenvalue weighted by Gasteiger charge is 2.14. The number of hydrogen-bond donors (Lipinski definition) is 2. The maximum atomic E-state index is 11.7. The second kappa shape index (κ2) is 4.71. The van der Waals surface area contributed by atoms with Crippen molar-refractivity contribution >= 4 is 28.9 Å². The monoisotopic (exact) mass is 249 g/mol. The third-order valence-electron chi connectivity index (χ3n) is 1.95. The van der Waals surface area contributed by atoms with E-state index < -0.39 is 11.9 Å². The van der Waals surface area contributed by atoms with Gasteiger partial charge in [-0.2, -0.15) is 10.2 Å². The van der Waals surface area contributed by atoms with Crippen molar-refractivity contribution in [3.05, 3.63) is 40.3 Å². The lowest BCUT2D eigenvalue weighted by Gasteiger charge is -2.03. The van der Waals surface area contributed by atoms with Gasteiger partial charge in [-0.05, 0) is 17.5 Å². The summed E-state index contributed by atoms with van der Waals surface area (Å²) in [6, 6.07) is 3.04. The van der Waals surface area contributed by atoms with Gasteiger partial charge < -0.3 is 10.4 Å². The quantitative estimate of drug-likeness (QED) is 0.859. The zero-order valence-corrected chi connectivity index (χ0v) is 9.27. The molecular formula is C10H7N3O3S. The molecule has 6 nitrogen and oxygen atoms in total. The van der Waals surface area contributed by atoms with Gasteiger partial charge in [-0.25, -0.2) is 4.79 Å². The van der Waals surface area contributed by atoms with Crippen molar-refractivity contribution < 1.29 is 14.7 Å². The number of aromatic carboxylic acids is 1. The Hall–Kier alpha value is -2.28. The largest absolute Gasteiger partial charge is 0.477 e. The van der Waals surface area contributed by atoms with Crippen LogP contribution in [-0.2, 0) is 0 Å². The Morgan fingerprint density at radius 2 is 2.12 bits per heavy atom. The van der Waals surface area contributed by atoms with E-state index in [0.717, 1.165) is 11.3 Å². The van der Waals surface area contributed by atoms with Gasteiger partial charge in [0.1, 0.15) is 4.88 Å². The van der Waals surface area contributed by atoms with E-state index in [1.54, 1.807) is 11.4 Å². The van der Waals surface area contributed by atoms with Crippen LogP contribution in [0.15, 0.2) is 29.9 Å². The number of hydrogen-bond acceptors (Lipinski definition) is 5. The predicted octanol–water partition coefficient (Wildman–Crippen LogP) is 1.49. The molecule has 0 aliphatic rings. The van der Waals surface area contributed by atoms with Gasteiger partial charge in [-0.3, -0.25) is 4.79 Å². The van der Waals surface area contributed by atoms with Crippen LogP contribution in [0.3, 0.4) is 0 Å². The van der Waals surface area contributed by atoms with Crippen LogP contribution < -0.4 is 5.32 Å². The zero-order valence-electron chi connectivity index (χ0n) is 8.45. The summed E-state index contributed by atoms with van der Waals surface area (Å²) in [5.41, 5.74) is 0.604. The van der Waals surface area contributed by atoms with E-state index in [9.17, 15) is 9.59 Å². The Kier molecular flexibility index (Phi) is 3.10. The average Bonchev–Trinajstić information content (AvgIpc) is 2.78. The van der Waals surface area contributed by atoms with E-state index in [2.05, 4.69) is 15.5 Å². The van der Waals surface area contributed by atoms with Crippen LogP contribution in [0, 0.1) is 0 Å². The number of carboxylic acid groups (broad SMARTS) is 1. The number of amides is 1. The fraction of sp³-hybridized carbons (Fsp3) is 0. The summed E-state index contributed by atoms with van der Waals surface area (Å²) in [5, 5.41) is 20.1. The fourth-order valence-corrected chi connectivity index (χ4v) is 1.88. The van der Waals surface area contributed by atoms with Gasteiger partial charge >= 0.3 is 5.97 Å². The highest BCUT2D eigenvalue weighted by Crippen LogP contribution is 2.22. The van der Waals surface area contributed by atoms with E-state index in [0.29, 0.717) is 5.56 Å². The minimum Gasteiger partial charge on any atom is -0.477 e. The maximum absolute atomic E-state index is 11.7. The molecule has 2 N–H and O–H groups in total. The first-order valence-corrected chi connectivity index (χ1v) is 5.45. The van der Waals surface area contributed by atoms with Gasteiger partial charge in [0.15, 0.2) is 0 Å². The number of nitrogens with one attached hydrogen (secondary N) is 1. The molecule has 2 aromatic heterocycles. The van der Waals surface area contributed by atoms with Crippen LogP contribution in [0.4, 0.5) is 5.69 Å². The first-order valence-electron chi connectivity index (χ1n) is 4.57. The minimum atomic E-state index is -1.07. The Labute approximate surface area is 99.9 Å².